The molecule has 1 fully saturated rings. The van der Waals surface area contributed by atoms with Crippen molar-refractivity contribution in [2.75, 3.05) is 18.4 Å². The minimum Gasteiger partial charge on any atom is -0.298 e. The van der Waals surface area contributed by atoms with E-state index in [-0.39, 0.29) is 10.8 Å². The van der Waals surface area contributed by atoms with Crippen molar-refractivity contribution >= 4 is 42.7 Å². The molecule has 146 valence electrons. The lowest BCUT2D eigenvalue weighted by molar-refractivity contribution is 0.102. The van der Waals surface area contributed by atoms with E-state index in [1.54, 1.807) is 0 Å². The molecule has 28 heavy (non-hydrogen) atoms. The van der Waals surface area contributed by atoms with E-state index in [1.165, 1.54) is 39.9 Å². The smallest absolute Gasteiger partial charge is 0.257 e. The third-order valence-electron chi connectivity index (χ3n) is 4.71. The second-order valence-corrected chi connectivity index (χ2v) is 9.78. The van der Waals surface area contributed by atoms with Gasteiger partial charge >= 0.3 is 0 Å². The fraction of sp³-hybridized carbons (Fsp3) is 0.316. The number of anilines is 1. The van der Waals surface area contributed by atoms with Crippen molar-refractivity contribution in [1.82, 2.24) is 14.3 Å². The summed E-state index contributed by atoms with van der Waals surface area (Å²) in [5.41, 5.74) is 2.94. The van der Waals surface area contributed by atoms with Gasteiger partial charge in [0.05, 0.1) is 9.60 Å². The number of amides is 1. The third-order valence-corrected chi connectivity index (χ3v) is 7.72. The SMILES string of the molecule is Cc1cc(C)c2sc(NC(=O)c3ccc(S(=O)(=O)N4CCCC4)cc3)nc2n1. The van der Waals surface area contributed by atoms with Gasteiger partial charge in [0, 0.05) is 24.3 Å². The van der Waals surface area contributed by atoms with E-state index in [9.17, 15) is 13.2 Å². The van der Waals surface area contributed by atoms with E-state index in [0.717, 1.165) is 28.8 Å². The predicted molar refractivity (Wildman–Crippen MR) is 109 cm³/mol. The fourth-order valence-corrected chi connectivity index (χ4v) is 5.69. The molecule has 0 unspecified atom stereocenters. The number of thiazole rings is 1. The number of sulfonamides is 1. The highest BCUT2D eigenvalue weighted by molar-refractivity contribution is 7.89. The van der Waals surface area contributed by atoms with Crippen LogP contribution in [0.3, 0.4) is 0 Å². The van der Waals surface area contributed by atoms with Gasteiger partial charge in [-0.1, -0.05) is 11.3 Å². The summed E-state index contributed by atoms with van der Waals surface area (Å²) in [4.78, 5) is 21.5. The van der Waals surface area contributed by atoms with Crippen LogP contribution in [0.5, 0.6) is 0 Å². The van der Waals surface area contributed by atoms with Gasteiger partial charge in [0.25, 0.3) is 5.91 Å². The highest BCUT2D eigenvalue weighted by atomic mass is 32.2. The van der Waals surface area contributed by atoms with Crippen LogP contribution in [0.4, 0.5) is 5.13 Å². The van der Waals surface area contributed by atoms with E-state index < -0.39 is 10.0 Å². The fourth-order valence-electron chi connectivity index (χ4n) is 3.30. The molecule has 0 saturated carbocycles. The highest BCUT2D eigenvalue weighted by Crippen LogP contribution is 2.28. The summed E-state index contributed by atoms with van der Waals surface area (Å²) >= 11 is 1.37. The average Bonchev–Trinajstić information content (AvgIpc) is 3.32. The monoisotopic (exact) mass is 416 g/mol. The minimum absolute atomic E-state index is 0.209. The van der Waals surface area contributed by atoms with Crippen LogP contribution in [0.2, 0.25) is 0 Å². The summed E-state index contributed by atoms with van der Waals surface area (Å²) in [6.45, 7) is 4.99. The van der Waals surface area contributed by atoms with Gasteiger partial charge in [-0.3, -0.25) is 10.1 Å². The molecule has 4 rings (SSSR count). The molecule has 1 aliphatic heterocycles. The van der Waals surface area contributed by atoms with Crippen LogP contribution >= 0.6 is 11.3 Å². The number of carbonyl (C=O) groups excluding carboxylic acids is 1. The Balaban J connectivity index is 1.53. The first-order valence-electron chi connectivity index (χ1n) is 9.01. The van der Waals surface area contributed by atoms with Crippen LogP contribution in [0.25, 0.3) is 10.3 Å². The van der Waals surface area contributed by atoms with Crippen molar-refractivity contribution in [2.24, 2.45) is 0 Å². The maximum Gasteiger partial charge on any atom is 0.257 e. The molecule has 0 atom stereocenters. The van der Waals surface area contributed by atoms with Gasteiger partial charge in [-0.25, -0.2) is 13.4 Å². The van der Waals surface area contributed by atoms with Crippen LogP contribution in [0.15, 0.2) is 35.2 Å². The molecule has 9 heteroatoms. The molecule has 1 N–H and O–H groups in total. The molecule has 2 aromatic heterocycles. The highest BCUT2D eigenvalue weighted by Gasteiger charge is 2.27. The minimum atomic E-state index is -3.48. The summed E-state index contributed by atoms with van der Waals surface area (Å²) in [5.74, 6) is -0.335. The van der Waals surface area contributed by atoms with Gasteiger partial charge in [-0.2, -0.15) is 9.29 Å². The molecule has 0 radical (unpaired) electrons. The lowest BCUT2D eigenvalue weighted by Crippen LogP contribution is -2.27. The van der Waals surface area contributed by atoms with Gasteiger partial charge in [-0.15, -0.1) is 0 Å². The van der Waals surface area contributed by atoms with Gasteiger partial charge in [0.2, 0.25) is 10.0 Å². The molecule has 1 saturated heterocycles. The number of nitrogens with zero attached hydrogens (tertiary/aromatic N) is 3. The number of carbonyl (C=O) groups is 1. The molecule has 3 heterocycles. The molecule has 1 amide bonds. The largest absolute Gasteiger partial charge is 0.298 e. The Morgan fingerprint density at radius 3 is 2.46 bits per heavy atom. The van der Waals surface area contributed by atoms with Crippen LogP contribution in [0, 0.1) is 13.8 Å². The van der Waals surface area contributed by atoms with Crippen molar-refractivity contribution in [3.63, 3.8) is 0 Å². The molecule has 0 aliphatic carbocycles. The number of benzene rings is 1. The van der Waals surface area contributed by atoms with Crippen molar-refractivity contribution in [3.8, 4) is 0 Å². The number of aryl methyl sites for hydroxylation is 2. The van der Waals surface area contributed by atoms with Crippen molar-refractivity contribution < 1.29 is 13.2 Å². The second-order valence-electron chi connectivity index (χ2n) is 6.84. The lowest BCUT2D eigenvalue weighted by atomic mass is 10.2. The van der Waals surface area contributed by atoms with E-state index in [2.05, 4.69) is 15.3 Å². The van der Waals surface area contributed by atoms with E-state index in [4.69, 9.17) is 0 Å². The standard InChI is InChI=1S/C19H20N4O3S2/c1-12-11-13(2)20-17-16(12)27-19(21-17)22-18(24)14-5-7-15(8-6-14)28(25,26)23-9-3-4-10-23/h5-8,11H,3-4,9-10H2,1-2H3,(H,20,21,22,24). The normalized spacial score (nSPS) is 15.2. The Bertz CT molecular complexity index is 1150. The number of hydrogen-bond acceptors (Lipinski definition) is 6. The average molecular weight is 417 g/mol. The number of nitrogens with one attached hydrogen (secondary N) is 1. The van der Waals surface area contributed by atoms with Crippen LogP contribution in [-0.2, 0) is 10.0 Å². The molecule has 0 spiro atoms. The maximum absolute atomic E-state index is 12.6. The number of fused-ring (bicyclic) bond motifs is 1. The molecule has 3 aromatic rings. The molecular weight excluding hydrogens is 396 g/mol. The zero-order valence-electron chi connectivity index (χ0n) is 15.6. The zero-order chi connectivity index (χ0) is 19.9. The summed E-state index contributed by atoms with van der Waals surface area (Å²) in [6, 6.07) is 8.00. The van der Waals surface area contributed by atoms with Crippen LogP contribution in [-0.4, -0.2) is 41.7 Å². The number of hydrogen-bond donors (Lipinski definition) is 1. The zero-order valence-corrected chi connectivity index (χ0v) is 17.2. The molecule has 1 aliphatic rings. The molecule has 1 aromatic carbocycles. The molecular formula is C19H20N4O3S2. The Morgan fingerprint density at radius 1 is 1.11 bits per heavy atom. The van der Waals surface area contributed by atoms with Gasteiger partial charge < -0.3 is 0 Å². The first kappa shape index (κ1) is 19.0. The second kappa shape index (κ2) is 7.23. The van der Waals surface area contributed by atoms with Gasteiger partial charge in [-0.05, 0) is 62.6 Å². The Labute approximate surface area is 167 Å². The first-order chi connectivity index (χ1) is 13.3. The van der Waals surface area contributed by atoms with Crippen molar-refractivity contribution in [1.29, 1.82) is 0 Å². The van der Waals surface area contributed by atoms with E-state index in [0.29, 0.717) is 29.4 Å². The summed E-state index contributed by atoms with van der Waals surface area (Å²) in [7, 11) is -3.48. The van der Waals surface area contributed by atoms with Crippen LogP contribution in [0.1, 0.15) is 34.5 Å². The Morgan fingerprint density at radius 2 is 1.79 bits per heavy atom. The summed E-state index contributed by atoms with van der Waals surface area (Å²) < 4.78 is 27.6. The number of pyridine rings is 1. The Hall–Kier alpha value is -2.36. The van der Waals surface area contributed by atoms with Crippen LogP contribution < -0.4 is 5.32 Å². The quantitative estimate of drug-likeness (QED) is 0.704. The number of aromatic nitrogens is 2. The first-order valence-corrected chi connectivity index (χ1v) is 11.3. The number of rotatable bonds is 4. The van der Waals surface area contributed by atoms with Crippen molar-refractivity contribution in [2.45, 2.75) is 31.6 Å². The lowest BCUT2D eigenvalue weighted by Gasteiger charge is -2.15. The van der Waals surface area contributed by atoms with E-state index in [1.807, 2.05) is 19.9 Å². The molecule has 0 bridgehead atoms. The summed E-state index contributed by atoms with van der Waals surface area (Å²) in [5, 5.41) is 3.24. The van der Waals surface area contributed by atoms with Crippen molar-refractivity contribution in [3.05, 3.63) is 47.2 Å². The molecule has 7 nitrogen and oxygen atoms in total. The van der Waals surface area contributed by atoms with Gasteiger partial charge in [0.15, 0.2) is 10.8 Å². The summed E-state index contributed by atoms with van der Waals surface area (Å²) in [6.07, 6.45) is 1.77. The topological polar surface area (TPSA) is 92.3 Å². The van der Waals surface area contributed by atoms with E-state index >= 15 is 0 Å². The Kier molecular flexibility index (Phi) is 4.90. The third kappa shape index (κ3) is 3.52. The van der Waals surface area contributed by atoms with Gasteiger partial charge in [0.1, 0.15) is 0 Å². The maximum atomic E-state index is 12.6. The predicted octanol–water partition coefficient (Wildman–Crippen LogP) is 3.34.